The fourth-order valence-corrected chi connectivity index (χ4v) is 2.76. The molecule has 1 fully saturated rings. The van der Waals surface area contributed by atoms with E-state index in [1.807, 2.05) is 0 Å². The van der Waals surface area contributed by atoms with E-state index >= 15 is 0 Å². The quantitative estimate of drug-likeness (QED) is 0.729. The highest BCUT2D eigenvalue weighted by molar-refractivity contribution is 5.76. The van der Waals surface area contributed by atoms with Crippen molar-refractivity contribution in [2.24, 2.45) is 11.8 Å². The van der Waals surface area contributed by atoms with E-state index in [2.05, 4.69) is 32.6 Å². The van der Waals surface area contributed by atoms with Crippen LogP contribution in [0.4, 0.5) is 0 Å². The van der Waals surface area contributed by atoms with Gasteiger partial charge in [-0.15, -0.1) is 0 Å². The van der Waals surface area contributed by atoms with Crippen LogP contribution in [0.25, 0.3) is 0 Å². The summed E-state index contributed by atoms with van der Waals surface area (Å²) in [5.74, 6) is 1.76. The van der Waals surface area contributed by atoms with E-state index in [0.717, 1.165) is 31.7 Å². The maximum absolute atomic E-state index is 12.3. The molecule has 2 heteroatoms. The van der Waals surface area contributed by atoms with Gasteiger partial charge in [0.2, 0.25) is 5.91 Å². The Morgan fingerprint density at radius 3 is 2.59 bits per heavy atom. The van der Waals surface area contributed by atoms with Gasteiger partial charge in [-0.3, -0.25) is 4.79 Å². The highest BCUT2D eigenvalue weighted by Gasteiger charge is 2.28. The van der Waals surface area contributed by atoms with Crippen LogP contribution < -0.4 is 0 Å². The molecule has 0 bridgehead atoms. The number of carbonyl (C=O) groups excluding carboxylic acids is 1. The Morgan fingerprint density at radius 1 is 1.29 bits per heavy atom. The van der Waals surface area contributed by atoms with Crippen LogP contribution in [0, 0.1) is 11.8 Å². The third kappa shape index (κ3) is 4.33. The van der Waals surface area contributed by atoms with Gasteiger partial charge in [0, 0.05) is 19.0 Å². The van der Waals surface area contributed by atoms with Crippen molar-refractivity contribution >= 4 is 5.91 Å². The Bertz CT molecular complexity index is 237. The molecular weight excluding hydrogens is 210 g/mol. The second-order valence-corrected chi connectivity index (χ2v) is 5.97. The van der Waals surface area contributed by atoms with Gasteiger partial charge in [0.05, 0.1) is 0 Å². The van der Waals surface area contributed by atoms with Gasteiger partial charge in [-0.1, -0.05) is 34.1 Å². The molecule has 0 radical (unpaired) electrons. The summed E-state index contributed by atoms with van der Waals surface area (Å²) in [5, 5.41) is 0. The molecule has 2 unspecified atom stereocenters. The van der Waals surface area contributed by atoms with E-state index in [0.29, 0.717) is 17.9 Å². The van der Waals surface area contributed by atoms with Crippen LogP contribution in [-0.4, -0.2) is 23.4 Å². The molecule has 0 aliphatic carbocycles. The minimum absolute atomic E-state index is 0.389. The lowest BCUT2D eigenvalue weighted by atomic mass is 9.95. The molecule has 2 nitrogen and oxygen atoms in total. The van der Waals surface area contributed by atoms with Gasteiger partial charge >= 0.3 is 0 Å². The van der Waals surface area contributed by atoms with E-state index in [1.165, 1.54) is 19.3 Å². The first-order valence-corrected chi connectivity index (χ1v) is 7.35. The average Bonchev–Trinajstić information content (AvgIpc) is 2.48. The molecular formula is C15H29NO. The lowest BCUT2D eigenvalue weighted by molar-refractivity contribution is -0.134. The van der Waals surface area contributed by atoms with Gasteiger partial charge in [0.1, 0.15) is 0 Å². The van der Waals surface area contributed by atoms with Crippen molar-refractivity contribution in [1.29, 1.82) is 0 Å². The number of likely N-dealkylation sites (tertiary alicyclic amines) is 1. The van der Waals surface area contributed by atoms with Crippen molar-refractivity contribution in [2.75, 3.05) is 6.54 Å². The van der Waals surface area contributed by atoms with Crippen molar-refractivity contribution in [3.8, 4) is 0 Å². The lowest BCUT2D eigenvalue weighted by Crippen LogP contribution is -2.42. The van der Waals surface area contributed by atoms with Crippen LogP contribution in [-0.2, 0) is 4.79 Å². The zero-order chi connectivity index (χ0) is 12.8. The Labute approximate surface area is 107 Å². The highest BCUT2D eigenvalue weighted by atomic mass is 16.2. The number of nitrogens with zero attached hydrogens (tertiary/aromatic N) is 1. The minimum atomic E-state index is 0.389. The van der Waals surface area contributed by atoms with Crippen LogP contribution in [0.3, 0.4) is 0 Å². The first-order chi connectivity index (χ1) is 8.06. The van der Waals surface area contributed by atoms with Gasteiger partial charge in [-0.2, -0.15) is 0 Å². The molecule has 0 aromatic carbocycles. The Morgan fingerprint density at radius 2 is 2.00 bits per heavy atom. The topological polar surface area (TPSA) is 20.3 Å². The standard InChI is InChI=1S/C15H29NO/c1-5-6-7-15(17)16-11-10-13(4)8-9-14(16)12(2)3/h12-14H,5-11H2,1-4H3. The fourth-order valence-electron chi connectivity index (χ4n) is 2.76. The van der Waals surface area contributed by atoms with Gasteiger partial charge < -0.3 is 4.90 Å². The number of carbonyl (C=O) groups is 1. The molecule has 1 aliphatic rings. The Kier molecular flexibility index (Phi) is 6.01. The zero-order valence-corrected chi connectivity index (χ0v) is 12.0. The second-order valence-electron chi connectivity index (χ2n) is 5.97. The molecule has 0 saturated carbocycles. The summed E-state index contributed by atoms with van der Waals surface area (Å²) in [6.07, 6.45) is 6.55. The number of rotatable bonds is 4. The SMILES string of the molecule is CCCCC(=O)N1CCC(C)CCC1C(C)C. The van der Waals surface area contributed by atoms with Crippen molar-refractivity contribution in [3.05, 3.63) is 0 Å². The van der Waals surface area contributed by atoms with Crippen LogP contribution in [0.2, 0.25) is 0 Å². The maximum Gasteiger partial charge on any atom is 0.222 e. The minimum Gasteiger partial charge on any atom is -0.339 e. The molecule has 0 aromatic rings. The predicted molar refractivity (Wildman–Crippen MR) is 72.9 cm³/mol. The summed E-state index contributed by atoms with van der Waals surface area (Å²) in [6.45, 7) is 9.95. The van der Waals surface area contributed by atoms with E-state index in [-0.39, 0.29) is 0 Å². The van der Waals surface area contributed by atoms with E-state index in [9.17, 15) is 4.79 Å². The van der Waals surface area contributed by atoms with Gasteiger partial charge in [0.25, 0.3) is 0 Å². The summed E-state index contributed by atoms with van der Waals surface area (Å²) in [5.41, 5.74) is 0. The van der Waals surface area contributed by atoms with E-state index in [4.69, 9.17) is 0 Å². The number of hydrogen-bond donors (Lipinski definition) is 0. The van der Waals surface area contributed by atoms with Crippen LogP contribution in [0.5, 0.6) is 0 Å². The van der Waals surface area contributed by atoms with Crippen molar-refractivity contribution in [1.82, 2.24) is 4.90 Å². The Hall–Kier alpha value is -0.530. The van der Waals surface area contributed by atoms with Crippen LogP contribution in [0.15, 0.2) is 0 Å². The monoisotopic (exact) mass is 239 g/mol. The highest BCUT2D eigenvalue weighted by Crippen LogP contribution is 2.26. The maximum atomic E-state index is 12.3. The smallest absolute Gasteiger partial charge is 0.222 e. The molecule has 17 heavy (non-hydrogen) atoms. The molecule has 1 saturated heterocycles. The van der Waals surface area contributed by atoms with Crippen LogP contribution in [0.1, 0.15) is 66.2 Å². The van der Waals surface area contributed by atoms with E-state index < -0.39 is 0 Å². The first-order valence-electron chi connectivity index (χ1n) is 7.35. The largest absolute Gasteiger partial charge is 0.339 e. The summed E-state index contributed by atoms with van der Waals surface area (Å²) in [4.78, 5) is 14.4. The van der Waals surface area contributed by atoms with Gasteiger partial charge in [0.15, 0.2) is 0 Å². The summed E-state index contributed by atoms with van der Waals surface area (Å²) in [6, 6.07) is 0.476. The third-order valence-corrected chi connectivity index (χ3v) is 4.05. The number of hydrogen-bond acceptors (Lipinski definition) is 1. The molecule has 1 heterocycles. The molecule has 0 spiro atoms. The molecule has 0 N–H and O–H groups in total. The van der Waals surface area contributed by atoms with Crippen molar-refractivity contribution in [2.45, 2.75) is 72.3 Å². The summed E-state index contributed by atoms with van der Waals surface area (Å²) < 4.78 is 0. The second kappa shape index (κ2) is 7.03. The lowest BCUT2D eigenvalue weighted by Gasteiger charge is -2.33. The predicted octanol–water partition coefficient (Wildman–Crippen LogP) is 3.85. The number of amides is 1. The average molecular weight is 239 g/mol. The first kappa shape index (κ1) is 14.5. The van der Waals surface area contributed by atoms with Crippen LogP contribution >= 0.6 is 0 Å². The fraction of sp³-hybridized carbons (Fsp3) is 0.933. The van der Waals surface area contributed by atoms with E-state index in [1.54, 1.807) is 0 Å². The number of unbranched alkanes of at least 4 members (excludes halogenated alkanes) is 1. The zero-order valence-electron chi connectivity index (χ0n) is 12.0. The summed E-state index contributed by atoms with van der Waals surface area (Å²) >= 11 is 0. The molecule has 2 atom stereocenters. The van der Waals surface area contributed by atoms with Gasteiger partial charge in [-0.05, 0) is 37.5 Å². The molecule has 0 aromatic heterocycles. The summed E-state index contributed by atoms with van der Waals surface area (Å²) in [7, 11) is 0. The van der Waals surface area contributed by atoms with Gasteiger partial charge in [-0.25, -0.2) is 0 Å². The third-order valence-electron chi connectivity index (χ3n) is 4.05. The van der Waals surface area contributed by atoms with Crippen molar-refractivity contribution < 1.29 is 4.79 Å². The Balaban J connectivity index is 2.65. The normalized spacial score (nSPS) is 26.1. The van der Waals surface area contributed by atoms with Crippen molar-refractivity contribution in [3.63, 3.8) is 0 Å². The molecule has 1 amide bonds. The molecule has 1 rings (SSSR count). The molecule has 100 valence electrons. The molecule has 1 aliphatic heterocycles.